The number of aliphatic hydroxyl groups excluding tert-OH is 1. The molecule has 0 radical (unpaired) electrons. The number of nitrogens with zero attached hydrogens (tertiary/aromatic N) is 1. The van der Waals surface area contributed by atoms with E-state index in [4.69, 9.17) is 5.11 Å². The van der Waals surface area contributed by atoms with Gasteiger partial charge in [-0.15, -0.1) is 0 Å². The second kappa shape index (κ2) is 4.18. The summed E-state index contributed by atoms with van der Waals surface area (Å²) in [6.07, 6.45) is -6.18. The van der Waals surface area contributed by atoms with Crippen molar-refractivity contribution < 1.29 is 35.5 Å². The summed E-state index contributed by atoms with van der Waals surface area (Å²) in [7, 11) is -5.32. The molecule has 0 aliphatic carbocycles. The van der Waals surface area contributed by atoms with Crippen molar-refractivity contribution in [1.29, 1.82) is 0 Å². The number of alkyl halides is 5. The summed E-state index contributed by atoms with van der Waals surface area (Å²) in [5.74, 6) is 0. The third-order valence-corrected chi connectivity index (χ3v) is 3.36. The lowest BCUT2D eigenvalue weighted by Crippen LogP contribution is -2.50. The first-order valence-corrected chi connectivity index (χ1v) is 4.93. The number of aliphatic hydroxyl groups is 1. The van der Waals surface area contributed by atoms with Gasteiger partial charge in [-0.25, -0.2) is 8.42 Å². The Morgan fingerprint density at radius 3 is 1.87 bits per heavy atom. The van der Waals surface area contributed by atoms with E-state index >= 15 is 0 Å². The van der Waals surface area contributed by atoms with Crippen molar-refractivity contribution >= 4 is 10.0 Å². The van der Waals surface area contributed by atoms with Crippen molar-refractivity contribution in [2.45, 2.75) is 11.4 Å². The van der Waals surface area contributed by atoms with Crippen molar-refractivity contribution in [1.82, 2.24) is 4.31 Å². The average Bonchev–Trinajstić information content (AvgIpc) is 2.02. The Kier molecular flexibility index (Phi) is 4.05. The molecule has 0 fully saturated rings. The molecule has 4 nitrogen and oxygen atoms in total. The minimum atomic E-state index is -6.18. The highest BCUT2D eigenvalue weighted by Gasteiger charge is 2.68. The highest BCUT2D eigenvalue weighted by atomic mass is 32.2. The zero-order valence-electron chi connectivity index (χ0n) is 7.42. The molecule has 0 unspecified atom stereocenters. The van der Waals surface area contributed by atoms with E-state index in [0.29, 0.717) is 7.05 Å². The summed E-state index contributed by atoms with van der Waals surface area (Å²) in [5.41, 5.74) is 0. The summed E-state index contributed by atoms with van der Waals surface area (Å²) in [6, 6.07) is 0. The molecule has 0 atom stereocenters. The smallest absolute Gasteiger partial charge is 0.395 e. The predicted octanol–water partition coefficient (Wildman–Crippen LogP) is 0.395. The SMILES string of the molecule is CN(CCO)S(=O)(=O)C(F)(F)C(F)(F)F. The van der Waals surface area contributed by atoms with Crippen LogP contribution in [-0.4, -0.2) is 49.5 Å². The second-order valence-corrected chi connectivity index (χ2v) is 4.65. The zero-order chi connectivity index (χ0) is 12.5. The summed E-state index contributed by atoms with van der Waals surface area (Å²) in [4.78, 5) is 0. The Hall–Kier alpha value is -0.480. The Morgan fingerprint density at radius 2 is 1.60 bits per heavy atom. The molecular weight excluding hydrogens is 249 g/mol. The van der Waals surface area contributed by atoms with Crippen molar-refractivity contribution in [3.05, 3.63) is 0 Å². The molecule has 0 aromatic rings. The van der Waals surface area contributed by atoms with Gasteiger partial charge in [0.05, 0.1) is 6.61 Å². The fraction of sp³-hybridized carbons (Fsp3) is 1.00. The lowest BCUT2D eigenvalue weighted by atomic mass is 10.7. The summed E-state index contributed by atoms with van der Waals surface area (Å²) in [6.45, 7) is -1.70. The van der Waals surface area contributed by atoms with Gasteiger partial charge in [0.2, 0.25) is 0 Å². The van der Waals surface area contributed by atoms with Crippen LogP contribution in [0.3, 0.4) is 0 Å². The van der Waals surface area contributed by atoms with Crippen molar-refractivity contribution in [3.8, 4) is 0 Å². The molecular formula is C5H8F5NO3S. The van der Waals surface area contributed by atoms with E-state index in [-0.39, 0.29) is 4.31 Å². The van der Waals surface area contributed by atoms with Crippen LogP contribution in [0.25, 0.3) is 0 Å². The third kappa shape index (κ3) is 2.55. The van der Waals surface area contributed by atoms with Gasteiger partial charge in [-0.05, 0) is 0 Å². The Morgan fingerprint density at radius 1 is 1.20 bits per heavy atom. The van der Waals surface area contributed by atoms with Gasteiger partial charge in [0.25, 0.3) is 10.0 Å². The number of hydrogen-bond acceptors (Lipinski definition) is 3. The fourth-order valence-electron chi connectivity index (χ4n) is 0.603. The fourth-order valence-corrected chi connectivity index (χ4v) is 1.61. The monoisotopic (exact) mass is 257 g/mol. The second-order valence-electron chi connectivity index (χ2n) is 2.56. The molecule has 0 aliphatic heterocycles. The molecule has 15 heavy (non-hydrogen) atoms. The molecule has 0 aliphatic rings. The van der Waals surface area contributed by atoms with Crippen molar-refractivity contribution in [2.75, 3.05) is 20.2 Å². The maximum absolute atomic E-state index is 12.4. The average molecular weight is 257 g/mol. The maximum Gasteiger partial charge on any atom is 0.470 e. The van der Waals surface area contributed by atoms with Crippen LogP contribution in [0, 0.1) is 0 Å². The first kappa shape index (κ1) is 14.5. The van der Waals surface area contributed by atoms with Crippen LogP contribution in [0.5, 0.6) is 0 Å². The highest BCUT2D eigenvalue weighted by Crippen LogP contribution is 2.40. The van der Waals surface area contributed by atoms with E-state index < -0.39 is 34.6 Å². The van der Waals surface area contributed by atoms with Crippen LogP contribution < -0.4 is 0 Å². The van der Waals surface area contributed by atoms with Crippen LogP contribution in [0.4, 0.5) is 22.0 Å². The first-order valence-electron chi connectivity index (χ1n) is 3.49. The molecule has 92 valence electrons. The van der Waals surface area contributed by atoms with E-state index in [1.165, 1.54) is 0 Å². The van der Waals surface area contributed by atoms with E-state index in [9.17, 15) is 30.4 Å². The summed E-state index contributed by atoms with van der Waals surface area (Å²) < 4.78 is 81.2. The number of sulfonamides is 1. The van der Waals surface area contributed by atoms with Crippen LogP contribution in [0.2, 0.25) is 0 Å². The molecule has 0 heterocycles. The van der Waals surface area contributed by atoms with Gasteiger partial charge >= 0.3 is 11.4 Å². The van der Waals surface area contributed by atoms with Gasteiger partial charge < -0.3 is 5.11 Å². The lowest BCUT2D eigenvalue weighted by Gasteiger charge is -2.24. The normalized spacial score (nSPS) is 14.7. The molecule has 0 aromatic heterocycles. The third-order valence-electron chi connectivity index (χ3n) is 1.48. The van der Waals surface area contributed by atoms with Gasteiger partial charge in [0.15, 0.2) is 0 Å². The van der Waals surface area contributed by atoms with Gasteiger partial charge in [-0.3, -0.25) is 0 Å². The highest BCUT2D eigenvalue weighted by molar-refractivity contribution is 7.90. The van der Waals surface area contributed by atoms with E-state index in [0.717, 1.165) is 0 Å². The van der Waals surface area contributed by atoms with Gasteiger partial charge in [-0.1, -0.05) is 0 Å². The molecule has 0 amide bonds. The van der Waals surface area contributed by atoms with Crippen LogP contribution in [0.15, 0.2) is 0 Å². The minimum Gasteiger partial charge on any atom is -0.395 e. The van der Waals surface area contributed by atoms with Crippen LogP contribution in [-0.2, 0) is 10.0 Å². The van der Waals surface area contributed by atoms with Gasteiger partial charge in [0, 0.05) is 13.6 Å². The van der Waals surface area contributed by atoms with Gasteiger partial charge in [0.1, 0.15) is 0 Å². The number of halogens is 5. The largest absolute Gasteiger partial charge is 0.470 e. The van der Waals surface area contributed by atoms with Crippen molar-refractivity contribution in [2.24, 2.45) is 0 Å². The maximum atomic E-state index is 12.4. The molecule has 1 N–H and O–H groups in total. The molecule has 0 bridgehead atoms. The number of rotatable bonds is 4. The molecule has 0 aromatic carbocycles. The number of hydrogen-bond donors (Lipinski definition) is 1. The summed E-state index contributed by atoms with van der Waals surface area (Å²) >= 11 is 0. The molecule has 0 saturated heterocycles. The van der Waals surface area contributed by atoms with E-state index in [2.05, 4.69) is 0 Å². The van der Waals surface area contributed by atoms with E-state index in [1.54, 1.807) is 0 Å². The molecule has 0 saturated carbocycles. The zero-order valence-corrected chi connectivity index (χ0v) is 8.24. The van der Waals surface area contributed by atoms with Gasteiger partial charge in [-0.2, -0.15) is 26.3 Å². The minimum absolute atomic E-state index is 0.250. The summed E-state index contributed by atoms with van der Waals surface area (Å²) in [5, 5.41) is 2.38. The van der Waals surface area contributed by atoms with Crippen molar-refractivity contribution in [3.63, 3.8) is 0 Å². The number of likely N-dealkylation sites (N-methyl/N-ethyl adjacent to an activating group) is 1. The first-order chi connectivity index (χ1) is 6.48. The molecule has 10 heteroatoms. The Labute approximate surface area is 82.3 Å². The Balaban J connectivity index is 5.21. The van der Waals surface area contributed by atoms with Crippen LogP contribution in [0.1, 0.15) is 0 Å². The predicted molar refractivity (Wildman–Crippen MR) is 39.6 cm³/mol. The van der Waals surface area contributed by atoms with E-state index in [1.807, 2.05) is 0 Å². The Bertz CT molecular complexity index is 311. The quantitative estimate of drug-likeness (QED) is 0.741. The van der Waals surface area contributed by atoms with Crippen LogP contribution >= 0.6 is 0 Å². The molecule has 0 rings (SSSR count). The standard InChI is InChI=1S/C5H8F5NO3S/c1-11(2-3-12)15(13,14)5(9,10)4(6,7)8/h12H,2-3H2,1H3. The lowest BCUT2D eigenvalue weighted by molar-refractivity contribution is -0.242. The topological polar surface area (TPSA) is 57.6 Å². The molecule has 0 spiro atoms.